The van der Waals surface area contributed by atoms with Crippen molar-refractivity contribution in [3.05, 3.63) is 98.6 Å². The molecule has 1 saturated heterocycles. The van der Waals surface area contributed by atoms with E-state index in [2.05, 4.69) is 20.9 Å². The number of thioether (sulfide) groups is 1. The summed E-state index contributed by atoms with van der Waals surface area (Å²) in [6.45, 7) is 0.233. The van der Waals surface area contributed by atoms with Gasteiger partial charge in [0.1, 0.15) is 18.2 Å². The summed E-state index contributed by atoms with van der Waals surface area (Å²) in [6, 6.07) is 18.4. The Morgan fingerprint density at radius 3 is 2.60 bits per heavy atom. The van der Waals surface area contributed by atoms with E-state index in [1.165, 1.54) is 35.9 Å². The predicted molar refractivity (Wildman–Crippen MR) is 138 cm³/mol. The second-order valence-electron chi connectivity index (χ2n) is 7.52. The number of methoxy groups -OCH3 is 1. The Bertz CT molecular complexity index is 1340. The molecule has 3 aromatic rings. The number of esters is 1. The van der Waals surface area contributed by atoms with Gasteiger partial charge in [0.05, 0.1) is 27.7 Å². The third-order valence-corrected chi connectivity index (χ3v) is 6.73. The molecule has 1 aliphatic heterocycles. The predicted octanol–water partition coefficient (Wildman–Crippen LogP) is 6.19. The van der Waals surface area contributed by atoms with E-state index < -0.39 is 5.97 Å². The fourth-order valence-electron chi connectivity index (χ4n) is 3.22. The van der Waals surface area contributed by atoms with Crippen molar-refractivity contribution in [3.8, 4) is 5.75 Å². The molecule has 1 fully saturated rings. The molecule has 6 nitrogen and oxygen atoms in total. The van der Waals surface area contributed by atoms with Gasteiger partial charge in [-0.05, 0) is 93.4 Å². The first kappa shape index (κ1) is 24.7. The van der Waals surface area contributed by atoms with Crippen LogP contribution in [0.4, 0.5) is 10.1 Å². The minimum atomic E-state index is -0.423. The Balaban J connectivity index is 1.47. The van der Waals surface area contributed by atoms with Crippen molar-refractivity contribution in [2.45, 2.75) is 6.61 Å². The first-order valence-electron chi connectivity index (χ1n) is 10.5. The Labute approximate surface area is 214 Å². The molecule has 35 heavy (non-hydrogen) atoms. The maximum atomic E-state index is 13.4. The van der Waals surface area contributed by atoms with Gasteiger partial charge in [-0.2, -0.15) is 0 Å². The molecule has 0 N–H and O–H groups in total. The highest BCUT2D eigenvalue weighted by molar-refractivity contribution is 9.10. The first-order chi connectivity index (χ1) is 16.8. The average Bonchev–Trinajstić information content (AvgIpc) is 3.11. The molecule has 1 aliphatic rings. The zero-order valence-corrected chi connectivity index (χ0v) is 21.2. The van der Waals surface area contributed by atoms with Crippen molar-refractivity contribution in [1.82, 2.24) is 4.90 Å². The van der Waals surface area contributed by atoms with Crippen molar-refractivity contribution in [1.29, 1.82) is 0 Å². The molecule has 0 atom stereocenters. The van der Waals surface area contributed by atoms with Crippen LogP contribution in [0.5, 0.6) is 5.75 Å². The quantitative estimate of drug-likeness (QED) is 0.268. The summed E-state index contributed by atoms with van der Waals surface area (Å²) < 4.78 is 24.6. The van der Waals surface area contributed by atoms with Crippen LogP contribution < -0.4 is 4.74 Å². The van der Waals surface area contributed by atoms with Crippen molar-refractivity contribution < 1.29 is 23.5 Å². The van der Waals surface area contributed by atoms with Gasteiger partial charge in [-0.3, -0.25) is 9.69 Å². The van der Waals surface area contributed by atoms with Crippen molar-refractivity contribution >= 4 is 56.5 Å². The number of hydrogen-bond donors (Lipinski definition) is 0. The maximum Gasteiger partial charge on any atom is 0.337 e. The van der Waals surface area contributed by atoms with Crippen LogP contribution in [-0.2, 0) is 16.1 Å². The lowest BCUT2D eigenvalue weighted by atomic mass is 10.2. The standard InChI is InChI=1S/C26H20BrFN2O4S/c1-30-24(31)23(35-26(30)29-20-9-7-18(8-10-20)25(32)33-2)14-16-6-11-22(21(27)13-16)34-15-17-4-3-5-19(28)12-17/h3-14H,15H2,1-2H3. The SMILES string of the molecule is COC(=O)c1ccc(N=C2SC(=Cc3ccc(OCc4cccc(F)c4)c(Br)c3)C(=O)N2C)cc1. The van der Waals surface area contributed by atoms with Gasteiger partial charge in [0.2, 0.25) is 0 Å². The van der Waals surface area contributed by atoms with Gasteiger partial charge >= 0.3 is 5.97 Å². The number of halogens is 2. The number of amides is 1. The second-order valence-corrected chi connectivity index (χ2v) is 9.38. The highest BCUT2D eigenvalue weighted by Gasteiger charge is 2.30. The summed E-state index contributed by atoms with van der Waals surface area (Å²) >= 11 is 4.77. The summed E-state index contributed by atoms with van der Waals surface area (Å²) in [7, 11) is 2.99. The molecule has 4 rings (SSSR count). The fourth-order valence-corrected chi connectivity index (χ4v) is 4.71. The number of rotatable bonds is 6. The van der Waals surface area contributed by atoms with Crippen LogP contribution in [0.25, 0.3) is 6.08 Å². The lowest BCUT2D eigenvalue weighted by molar-refractivity contribution is -0.121. The van der Waals surface area contributed by atoms with E-state index in [1.54, 1.807) is 55.6 Å². The summed E-state index contributed by atoms with van der Waals surface area (Å²) in [4.78, 5) is 30.9. The Morgan fingerprint density at radius 2 is 1.91 bits per heavy atom. The van der Waals surface area contributed by atoms with Crippen LogP contribution in [-0.4, -0.2) is 36.1 Å². The fraction of sp³-hybridized carbons (Fsp3) is 0.115. The van der Waals surface area contributed by atoms with E-state index in [1.807, 2.05) is 12.1 Å². The molecule has 3 aromatic carbocycles. The molecule has 0 radical (unpaired) electrons. The van der Waals surface area contributed by atoms with E-state index in [0.29, 0.717) is 31.5 Å². The molecular formula is C26H20BrFN2O4S. The Morgan fingerprint density at radius 1 is 1.14 bits per heavy atom. The molecule has 1 heterocycles. The number of nitrogens with zero attached hydrogens (tertiary/aromatic N) is 2. The van der Waals surface area contributed by atoms with E-state index in [0.717, 1.165) is 11.1 Å². The highest BCUT2D eigenvalue weighted by Crippen LogP contribution is 2.34. The van der Waals surface area contributed by atoms with Crippen LogP contribution >= 0.6 is 27.7 Å². The summed E-state index contributed by atoms with van der Waals surface area (Å²) in [6.07, 6.45) is 1.79. The van der Waals surface area contributed by atoms with Gasteiger partial charge in [-0.25, -0.2) is 14.2 Å². The van der Waals surface area contributed by atoms with Crippen LogP contribution in [0.3, 0.4) is 0 Å². The summed E-state index contributed by atoms with van der Waals surface area (Å²) in [5.74, 6) is -0.287. The van der Waals surface area contributed by atoms with E-state index >= 15 is 0 Å². The van der Waals surface area contributed by atoms with Crippen molar-refractivity contribution in [2.75, 3.05) is 14.2 Å². The molecular weight excluding hydrogens is 535 g/mol. The third kappa shape index (κ3) is 5.98. The van der Waals surface area contributed by atoms with Gasteiger partial charge in [-0.1, -0.05) is 18.2 Å². The van der Waals surface area contributed by atoms with Gasteiger partial charge in [0, 0.05) is 7.05 Å². The zero-order chi connectivity index (χ0) is 24.9. The monoisotopic (exact) mass is 554 g/mol. The first-order valence-corrected chi connectivity index (χ1v) is 12.1. The minimum Gasteiger partial charge on any atom is -0.488 e. The molecule has 0 aromatic heterocycles. The largest absolute Gasteiger partial charge is 0.488 e. The van der Waals surface area contributed by atoms with Gasteiger partial charge in [0.15, 0.2) is 5.17 Å². The van der Waals surface area contributed by atoms with Gasteiger partial charge in [0.25, 0.3) is 5.91 Å². The molecule has 0 aliphatic carbocycles. The van der Waals surface area contributed by atoms with E-state index in [9.17, 15) is 14.0 Å². The smallest absolute Gasteiger partial charge is 0.337 e. The number of carbonyl (C=O) groups excluding carboxylic acids is 2. The lowest BCUT2D eigenvalue weighted by Gasteiger charge is -2.09. The normalized spacial score (nSPS) is 15.7. The molecule has 9 heteroatoms. The van der Waals surface area contributed by atoms with Crippen molar-refractivity contribution in [2.24, 2.45) is 4.99 Å². The molecule has 0 saturated carbocycles. The lowest BCUT2D eigenvalue weighted by Crippen LogP contribution is -2.23. The second kappa shape index (κ2) is 10.9. The Hall–Kier alpha value is -3.43. The zero-order valence-electron chi connectivity index (χ0n) is 18.8. The van der Waals surface area contributed by atoms with Gasteiger partial charge in [-0.15, -0.1) is 0 Å². The average molecular weight is 555 g/mol. The van der Waals surface area contributed by atoms with Crippen LogP contribution in [0, 0.1) is 5.82 Å². The number of hydrogen-bond acceptors (Lipinski definition) is 6. The number of carbonyl (C=O) groups is 2. The molecule has 0 bridgehead atoms. The molecule has 178 valence electrons. The highest BCUT2D eigenvalue weighted by atomic mass is 79.9. The topological polar surface area (TPSA) is 68.2 Å². The third-order valence-electron chi connectivity index (χ3n) is 5.05. The van der Waals surface area contributed by atoms with E-state index in [-0.39, 0.29) is 18.3 Å². The van der Waals surface area contributed by atoms with Crippen LogP contribution in [0.15, 0.2) is 81.1 Å². The van der Waals surface area contributed by atoms with Crippen LogP contribution in [0.2, 0.25) is 0 Å². The summed E-state index contributed by atoms with van der Waals surface area (Å²) in [5, 5.41) is 0.529. The number of amidine groups is 1. The number of aliphatic imine (C=N–C) groups is 1. The molecule has 1 amide bonds. The minimum absolute atomic E-state index is 0.164. The van der Waals surface area contributed by atoms with Crippen molar-refractivity contribution in [3.63, 3.8) is 0 Å². The molecule has 0 spiro atoms. The number of likely N-dealkylation sites (N-methyl/N-ethyl adjacent to an activating group) is 1. The summed E-state index contributed by atoms with van der Waals surface area (Å²) in [5.41, 5.74) is 2.58. The Kier molecular flexibility index (Phi) is 7.67. The number of ether oxygens (including phenoxy) is 2. The number of benzene rings is 3. The van der Waals surface area contributed by atoms with E-state index in [4.69, 9.17) is 9.47 Å². The maximum absolute atomic E-state index is 13.4. The van der Waals surface area contributed by atoms with Gasteiger partial charge < -0.3 is 9.47 Å². The van der Waals surface area contributed by atoms with Crippen LogP contribution in [0.1, 0.15) is 21.5 Å². The molecule has 0 unspecified atom stereocenters.